The molecule has 10 rings (SSSR count). The van der Waals surface area contributed by atoms with E-state index in [2.05, 4.69) is 164 Å². The Kier molecular flexibility index (Phi) is 7.53. The van der Waals surface area contributed by atoms with Crippen LogP contribution in [0.2, 0.25) is 0 Å². The van der Waals surface area contributed by atoms with Crippen molar-refractivity contribution < 1.29 is 9.63 Å². The number of benzene rings is 5. The fourth-order valence-electron chi connectivity index (χ4n) is 9.54. The van der Waals surface area contributed by atoms with E-state index in [4.69, 9.17) is 4.74 Å². The van der Waals surface area contributed by atoms with E-state index in [1.807, 2.05) is 0 Å². The molecule has 5 aromatic rings. The predicted molar refractivity (Wildman–Crippen MR) is 219 cm³/mol. The van der Waals surface area contributed by atoms with E-state index >= 15 is 0 Å². The third-order valence-corrected chi connectivity index (χ3v) is 15.7. The average molecular weight is 693 g/mol. The van der Waals surface area contributed by atoms with E-state index in [-0.39, 0.29) is 0 Å². The molecule has 1 N–H and O–H groups in total. The van der Waals surface area contributed by atoms with Crippen LogP contribution in [0.25, 0.3) is 27.8 Å². The van der Waals surface area contributed by atoms with Crippen LogP contribution in [0.1, 0.15) is 60.8 Å². The predicted octanol–water partition coefficient (Wildman–Crippen LogP) is 12.3. The van der Waals surface area contributed by atoms with Crippen LogP contribution < -0.4 is 10.0 Å². The zero-order valence-corrected chi connectivity index (χ0v) is 30.2. The van der Waals surface area contributed by atoms with Gasteiger partial charge >= 0.3 is 253 Å². The monoisotopic (exact) mass is 692 g/mol. The fraction of sp³-hybridized carbons (Fsp3) is 0.143. The zero-order chi connectivity index (χ0) is 34.7. The Balaban J connectivity index is 1.10. The molecule has 5 aliphatic rings. The molecule has 254 valence electrons. The molecule has 1 spiro atoms. The second kappa shape index (κ2) is 12.4. The van der Waals surface area contributed by atoms with Gasteiger partial charge < -0.3 is 0 Å². The summed E-state index contributed by atoms with van der Waals surface area (Å²) < 4.78 is 6.71. The second-order valence-corrected chi connectivity index (χ2v) is 17.9. The summed E-state index contributed by atoms with van der Waals surface area (Å²) in [6.07, 6.45) is 23.5. The van der Waals surface area contributed by atoms with Gasteiger partial charge in [-0.3, -0.25) is 0 Å². The normalized spacial score (nSPS) is 20.0. The van der Waals surface area contributed by atoms with Gasteiger partial charge in [-0.15, -0.1) is 0 Å². The molecule has 4 aliphatic carbocycles. The third-order valence-electron chi connectivity index (χ3n) is 11.9. The molecule has 3 heteroatoms. The number of hydrogen-bond acceptors (Lipinski definition) is 2. The van der Waals surface area contributed by atoms with Crippen LogP contribution in [0.15, 0.2) is 180 Å². The van der Waals surface area contributed by atoms with Crippen molar-refractivity contribution in [3.8, 4) is 33.8 Å². The number of hydrogen-bond donors (Lipinski definition) is 1. The van der Waals surface area contributed by atoms with Crippen LogP contribution in [-0.4, -0.2) is 4.89 Å². The van der Waals surface area contributed by atoms with E-state index in [1.54, 1.807) is 0 Å². The molecular weight excluding hydrogens is 652 g/mol. The van der Waals surface area contributed by atoms with Gasteiger partial charge in [0.2, 0.25) is 0 Å². The first-order chi connectivity index (χ1) is 25.7. The van der Waals surface area contributed by atoms with Gasteiger partial charge in [-0.2, -0.15) is 0 Å². The van der Waals surface area contributed by atoms with E-state index < -0.39 is 12.9 Å². The Labute approximate surface area is 307 Å². The summed E-state index contributed by atoms with van der Waals surface area (Å²) >= 11 is 0. The van der Waals surface area contributed by atoms with Crippen LogP contribution in [0.5, 0.6) is 11.5 Å². The standard InChI is InChI=1S/C49H41O2P/c50-52(38-18-3-1-4-19-38,39-20-5-2-6-21-39)40-22-14-17-36(32-40)34-15-13-16-35(31-34)37-29-30-48-46(33-37)49(45-27-11-12-28-47(45)51-48)43-25-9-7-23-41(43)42-24-8-10-26-44(42)49/h1-3,5,7-9,11-18,20,22-25,27-33,50,52H,4,6,10,19,21,26H2. The minimum atomic E-state index is -3.08. The summed E-state index contributed by atoms with van der Waals surface area (Å²) in [6, 6.07) is 42.0. The Morgan fingerprint density at radius 3 is 1.92 bits per heavy atom. The summed E-state index contributed by atoms with van der Waals surface area (Å²) in [5.41, 5.74) is 12.1. The molecule has 0 fully saturated rings. The SMILES string of the molecule is O[PH](C1=CC=CCC1)(C1=CC=CCC1)c1cccc(-c2cccc(-c3ccc4c(c3)C3(C5=C(C=CCC5)c5ccccc53)c3ccccc3O4)c2)c1. The topological polar surface area (TPSA) is 29.5 Å². The first kappa shape index (κ1) is 31.5. The molecule has 52 heavy (non-hydrogen) atoms. The summed E-state index contributed by atoms with van der Waals surface area (Å²) in [5, 5.41) is 3.47. The van der Waals surface area contributed by atoms with Crippen LogP contribution in [0, 0.1) is 0 Å². The molecule has 0 saturated carbocycles. The molecule has 1 aliphatic heterocycles. The average Bonchev–Trinajstić information content (AvgIpc) is 3.52. The number of ether oxygens (including phenoxy) is 1. The Bertz CT molecular complexity index is 2440. The number of rotatable bonds is 5. The number of para-hydroxylation sites is 1. The molecule has 0 amide bonds. The third kappa shape index (κ3) is 4.71. The first-order valence-corrected chi connectivity index (χ1v) is 20.7. The van der Waals surface area contributed by atoms with Crippen molar-refractivity contribution in [3.05, 3.63) is 202 Å². The zero-order valence-electron chi connectivity index (χ0n) is 29.2. The Morgan fingerprint density at radius 2 is 1.17 bits per heavy atom. The second-order valence-electron chi connectivity index (χ2n) is 14.6. The van der Waals surface area contributed by atoms with Gasteiger partial charge in [0, 0.05) is 0 Å². The van der Waals surface area contributed by atoms with Crippen molar-refractivity contribution in [1.82, 2.24) is 0 Å². The molecule has 1 atom stereocenters. The van der Waals surface area contributed by atoms with Gasteiger partial charge in [-0.1, -0.05) is 42.5 Å². The van der Waals surface area contributed by atoms with Crippen molar-refractivity contribution in [2.45, 2.75) is 43.9 Å². The van der Waals surface area contributed by atoms with Crippen molar-refractivity contribution in [3.63, 3.8) is 0 Å². The van der Waals surface area contributed by atoms with Crippen molar-refractivity contribution >= 4 is 18.4 Å². The van der Waals surface area contributed by atoms with Gasteiger partial charge in [-0.25, -0.2) is 0 Å². The molecule has 2 nitrogen and oxygen atoms in total. The maximum absolute atomic E-state index is 12.8. The summed E-state index contributed by atoms with van der Waals surface area (Å²) in [6.45, 7) is 0. The molecule has 1 unspecified atom stereocenters. The quantitative estimate of drug-likeness (QED) is 0.186. The molecule has 0 bridgehead atoms. The van der Waals surface area contributed by atoms with E-state index in [1.165, 1.54) is 49.6 Å². The van der Waals surface area contributed by atoms with E-state index in [0.717, 1.165) is 72.0 Å². The number of fused-ring (bicyclic) bond motifs is 8. The van der Waals surface area contributed by atoms with Gasteiger partial charge in [0.1, 0.15) is 0 Å². The molecule has 1 heterocycles. The van der Waals surface area contributed by atoms with Gasteiger partial charge in [-0.05, 0) is 12.5 Å². The van der Waals surface area contributed by atoms with E-state index in [0.29, 0.717) is 0 Å². The maximum atomic E-state index is 12.8. The van der Waals surface area contributed by atoms with Crippen molar-refractivity contribution in [2.24, 2.45) is 0 Å². The van der Waals surface area contributed by atoms with Crippen LogP contribution in [0.4, 0.5) is 0 Å². The van der Waals surface area contributed by atoms with Gasteiger partial charge in [0.25, 0.3) is 0 Å². The summed E-state index contributed by atoms with van der Waals surface area (Å²) in [7, 11) is -3.08. The first-order valence-electron chi connectivity index (χ1n) is 18.7. The van der Waals surface area contributed by atoms with Crippen LogP contribution in [-0.2, 0) is 5.41 Å². The van der Waals surface area contributed by atoms with E-state index in [9.17, 15) is 4.89 Å². The molecule has 0 saturated heterocycles. The molecule has 0 aromatic heterocycles. The van der Waals surface area contributed by atoms with Crippen LogP contribution in [0.3, 0.4) is 0 Å². The van der Waals surface area contributed by atoms with Crippen molar-refractivity contribution in [2.75, 3.05) is 0 Å². The number of allylic oxidation sites excluding steroid dienone is 12. The van der Waals surface area contributed by atoms with Crippen molar-refractivity contribution in [1.29, 1.82) is 0 Å². The summed E-state index contributed by atoms with van der Waals surface area (Å²) in [4.78, 5) is 12.8. The van der Waals surface area contributed by atoms with Crippen LogP contribution >= 0.6 is 7.49 Å². The van der Waals surface area contributed by atoms with Gasteiger partial charge in [0.15, 0.2) is 0 Å². The summed E-state index contributed by atoms with van der Waals surface area (Å²) in [5.74, 6) is 1.86. The van der Waals surface area contributed by atoms with Gasteiger partial charge in [0.05, 0.1) is 0 Å². The minimum absolute atomic E-state index is 0.413. The molecule has 0 radical (unpaired) electrons. The molecule has 5 aromatic carbocycles. The Hall–Kier alpha value is -5.27. The fourth-order valence-corrected chi connectivity index (χ4v) is 13.1. The molecular formula is C49H41O2P. The Morgan fingerprint density at radius 1 is 0.538 bits per heavy atom.